The fourth-order valence-electron chi connectivity index (χ4n) is 2.32. The molecule has 1 saturated heterocycles. The van der Waals surface area contributed by atoms with Gasteiger partial charge < -0.3 is 29.9 Å². The lowest BCUT2D eigenvalue weighted by atomic mass is 9.98. The van der Waals surface area contributed by atoms with Gasteiger partial charge in [0.25, 0.3) is 0 Å². The topological polar surface area (TPSA) is 116 Å². The van der Waals surface area contributed by atoms with Crippen molar-refractivity contribution in [3.8, 4) is 0 Å². The number of aliphatic carboxylic acids is 1. The molecule has 7 heteroatoms. The van der Waals surface area contributed by atoms with Crippen LogP contribution in [0.5, 0.6) is 0 Å². The molecule has 1 unspecified atom stereocenters. The quantitative estimate of drug-likeness (QED) is 0.503. The molecule has 0 aromatic heterocycles. The second-order valence-electron chi connectivity index (χ2n) is 5.48. The van der Waals surface area contributed by atoms with Crippen molar-refractivity contribution >= 4 is 5.97 Å². The highest BCUT2D eigenvalue weighted by Gasteiger charge is 2.47. The molecule has 1 aliphatic rings. The first kappa shape index (κ1) is 18.3. The highest BCUT2D eigenvalue weighted by molar-refractivity contribution is 5.73. The molecule has 124 valence electrons. The third-order valence-electron chi connectivity index (χ3n) is 3.85. The normalized spacial score (nSPS) is 34.6. The van der Waals surface area contributed by atoms with Crippen LogP contribution in [0.4, 0.5) is 0 Å². The second kappa shape index (κ2) is 8.65. The molecule has 0 spiro atoms. The van der Waals surface area contributed by atoms with E-state index in [1.807, 2.05) is 6.92 Å². The van der Waals surface area contributed by atoms with Gasteiger partial charge in [-0.25, -0.2) is 4.79 Å². The van der Waals surface area contributed by atoms with Crippen molar-refractivity contribution in [1.29, 1.82) is 0 Å². The van der Waals surface area contributed by atoms with Crippen molar-refractivity contribution in [3.63, 3.8) is 0 Å². The average molecular weight is 306 g/mol. The van der Waals surface area contributed by atoms with Crippen molar-refractivity contribution in [2.24, 2.45) is 5.92 Å². The molecule has 4 N–H and O–H groups in total. The third kappa shape index (κ3) is 4.89. The van der Waals surface area contributed by atoms with Crippen molar-refractivity contribution < 1.29 is 34.7 Å². The van der Waals surface area contributed by atoms with E-state index in [0.29, 0.717) is 6.61 Å². The highest BCUT2D eigenvalue weighted by Crippen LogP contribution is 2.24. The minimum absolute atomic E-state index is 0.285. The summed E-state index contributed by atoms with van der Waals surface area (Å²) in [7, 11) is 0. The maximum absolute atomic E-state index is 11.0. The molecular weight excluding hydrogens is 280 g/mol. The summed E-state index contributed by atoms with van der Waals surface area (Å²) in [5, 5.41) is 38.0. The predicted molar refractivity (Wildman–Crippen MR) is 73.6 cm³/mol. The molecule has 0 saturated carbocycles. The maximum Gasteiger partial charge on any atom is 0.335 e. The molecule has 0 radical (unpaired) electrons. The number of carboxylic acids is 1. The molecule has 0 amide bonds. The van der Waals surface area contributed by atoms with Gasteiger partial charge in [-0.15, -0.1) is 0 Å². The lowest BCUT2D eigenvalue weighted by molar-refractivity contribution is -0.296. The monoisotopic (exact) mass is 306 g/mol. The third-order valence-corrected chi connectivity index (χ3v) is 3.85. The number of carbonyl (C=O) groups is 1. The van der Waals surface area contributed by atoms with Gasteiger partial charge in [-0.3, -0.25) is 0 Å². The fraction of sp³-hybridized carbons (Fsp3) is 0.929. The first-order valence-corrected chi connectivity index (χ1v) is 7.46. The molecule has 0 aromatic carbocycles. The molecule has 6 atom stereocenters. The Hall–Kier alpha value is -0.730. The molecule has 1 rings (SSSR count). The van der Waals surface area contributed by atoms with Crippen LogP contribution < -0.4 is 0 Å². The largest absolute Gasteiger partial charge is 0.479 e. The Bertz CT molecular complexity index is 322. The summed E-state index contributed by atoms with van der Waals surface area (Å²) in [5.74, 6) is -1.12. The molecule has 21 heavy (non-hydrogen) atoms. The highest BCUT2D eigenvalue weighted by atomic mass is 16.7. The van der Waals surface area contributed by atoms with Crippen LogP contribution in [0.1, 0.15) is 39.5 Å². The maximum atomic E-state index is 11.0. The average Bonchev–Trinajstić information content (AvgIpc) is 2.46. The Morgan fingerprint density at radius 3 is 2.38 bits per heavy atom. The Kier molecular flexibility index (Phi) is 7.55. The molecular formula is C14H26O7. The summed E-state index contributed by atoms with van der Waals surface area (Å²) in [6.07, 6.45) is -3.61. The first-order chi connectivity index (χ1) is 9.92. The fourth-order valence-corrected chi connectivity index (χ4v) is 2.32. The van der Waals surface area contributed by atoms with Crippen LogP contribution in [0.25, 0.3) is 0 Å². The van der Waals surface area contributed by atoms with Gasteiger partial charge in [-0.2, -0.15) is 0 Å². The van der Waals surface area contributed by atoms with E-state index in [4.69, 9.17) is 14.6 Å². The minimum Gasteiger partial charge on any atom is -0.479 e. The number of hydrogen-bond acceptors (Lipinski definition) is 6. The molecule has 1 aliphatic heterocycles. The first-order valence-electron chi connectivity index (χ1n) is 7.46. The van der Waals surface area contributed by atoms with Gasteiger partial charge in [0.15, 0.2) is 12.4 Å². The van der Waals surface area contributed by atoms with Crippen LogP contribution >= 0.6 is 0 Å². The molecule has 0 aliphatic carbocycles. The Balaban J connectivity index is 2.58. The van der Waals surface area contributed by atoms with E-state index in [0.717, 1.165) is 25.7 Å². The SMILES string of the molecule is CCCCC(CC)CO[C@@H]1O[C@H](C(=O)O)[C@@H](O)[C@H](O)[C@H]1O. The molecule has 1 heterocycles. The standard InChI is InChI=1S/C14H26O7/c1-3-5-6-8(4-2)7-20-14-11(17)9(15)10(16)12(21-14)13(18)19/h8-12,14-17H,3-7H2,1-2H3,(H,18,19)/t8?,9-,10-,11+,12-,14+/m0/s1. The molecule has 0 aromatic rings. The van der Waals surface area contributed by atoms with E-state index >= 15 is 0 Å². The zero-order valence-electron chi connectivity index (χ0n) is 12.5. The van der Waals surface area contributed by atoms with E-state index < -0.39 is 36.7 Å². The van der Waals surface area contributed by atoms with Crippen molar-refractivity contribution in [1.82, 2.24) is 0 Å². The smallest absolute Gasteiger partial charge is 0.335 e. The number of hydrogen-bond donors (Lipinski definition) is 4. The van der Waals surface area contributed by atoms with E-state index in [9.17, 15) is 20.1 Å². The summed E-state index contributed by atoms with van der Waals surface area (Å²) in [6, 6.07) is 0. The van der Waals surface area contributed by atoms with Gasteiger partial charge in [-0.05, 0) is 12.3 Å². The molecule has 0 bridgehead atoms. The lowest BCUT2D eigenvalue weighted by Crippen LogP contribution is -2.60. The van der Waals surface area contributed by atoms with Gasteiger partial charge in [0.1, 0.15) is 18.3 Å². The number of ether oxygens (including phenoxy) is 2. The van der Waals surface area contributed by atoms with Crippen LogP contribution in [0.2, 0.25) is 0 Å². The predicted octanol–water partition coefficient (Wildman–Crippen LogP) is 0.112. The van der Waals surface area contributed by atoms with Crippen molar-refractivity contribution in [2.75, 3.05) is 6.61 Å². The van der Waals surface area contributed by atoms with Crippen molar-refractivity contribution in [2.45, 2.75) is 70.2 Å². The Morgan fingerprint density at radius 2 is 1.86 bits per heavy atom. The molecule has 7 nitrogen and oxygen atoms in total. The van der Waals surface area contributed by atoms with Gasteiger partial charge in [-0.1, -0.05) is 33.1 Å². The number of aliphatic hydroxyl groups excluding tert-OH is 3. The zero-order valence-corrected chi connectivity index (χ0v) is 12.5. The van der Waals surface area contributed by atoms with Crippen LogP contribution in [0.15, 0.2) is 0 Å². The molecule has 1 fully saturated rings. The Labute approximate surface area is 124 Å². The second-order valence-corrected chi connectivity index (χ2v) is 5.48. The van der Waals surface area contributed by atoms with E-state index in [2.05, 4.69) is 6.92 Å². The van der Waals surface area contributed by atoms with E-state index in [1.165, 1.54) is 0 Å². The van der Waals surface area contributed by atoms with Crippen LogP contribution in [0.3, 0.4) is 0 Å². The summed E-state index contributed by atoms with van der Waals surface area (Å²) >= 11 is 0. The number of carboxylic acid groups (broad SMARTS) is 1. The van der Waals surface area contributed by atoms with Crippen LogP contribution in [0, 0.1) is 5.92 Å². The summed E-state index contributed by atoms with van der Waals surface area (Å²) in [5.41, 5.74) is 0. The van der Waals surface area contributed by atoms with E-state index in [-0.39, 0.29) is 5.92 Å². The van der Waals surface area contributed by atoms with Gasteiger partial charge in [0.2, 0.25) is 0 Å². The number of aliphatic hydroxyl groups is 3. The number of unbranched alkanes of at least 4 members (excludes halogenated alkanes) is 1. The minimum atomic E-state index is -1.68. The van der Waals surface area contributed by atoms with Gasteiger partial charge >= 0.3 is 5.97 Å². The lowest BCUT2D eigenvalue weighted by Gasteiger charge is -2.38. The zero-order chi connectivity index (χ0) is 16.0. The van der Waals surface area contributed by atoms with Crippen LogP contribution in [-0.4, -0.2) is 63.7 Å². The van der Waals surface area contributed by atoms with Gasteiger partial charge in [0.05, 0.1) is 6.61 Å². The summed E-state index contributed by atoms with van der Waals surface area (Å²) in [4.78, 5) is 11.0. The van der Waals surface area contributed by atoms with Gasteiger partial charge in [0, 0.05) is 0 Å². The summed E-state index contributed by atoms with van der Waals surface area (Å²) < 4.78 is 10.5. The summed E-state index contributed by atoms with van der Waals surface area (Å²) in [6.45, 7) is 4.44. The van der Waals surface area contributed by atoms with Crippen molar-refractivity contribution in [3.05, 3.63) is 0 Å². The van der Waals surface area contributed by atoms with Crippen LogP contribution in [-0.2, 0) is 14.3 Å². The number of rotatable bonds is 8. The Morgan fingerprint density at radius 1 is 1.19 bits per heavy atom. The van der Waals surface area contributed by atoms with E-state index in [1.54, 1.807) is 0 Å².